The quantitative estimate of drug-likeness (QED) is 0.478. The van der Waals surface area contributed by atoms with E-state index in [1.807, 2.05) is 0 Å². The number of methoxy groups -OCH3 is 3. The monoisotopic (exact) mass is 391 g/mol. The van der Waals surface area contributed by atoms with Crippen molar-refractivity contribution >= 4 is 11.9 Å². The van der Waals surface area contributed by atoms with Crippen molar-refractivity contribution < 1.29 is 37.0 Å². The second kappa shape index (κ2) is 10.0. The molecule has 1 unspecified atom stereocenters. The third-order valence-electron chi connectivity index (χ3n) is 4.12. The van der Waals surface area contributed by atoms with Gasteiger partial charge in [-0.1, -0.05) is 6.92 Å². The number of carbonyl (C=O) groups is 2. The Labute approximate surface area is 156 Å². The summed E-state index contributed by atoms with van der Waals surface area (Å²) in [5.41, 5.74) is 0.580. The molecule has 1 aromatic carbocycles. The van der Waals surface area contributed by atoms with Crippen molar-refractivity contribution in [3.05, 3.63) is 23.8 Å². The van der Waals surface area contributed by atoms with Crippen LogP contribution >= 0.6 is 0 Å². The predicted molar refractivity (Wildman–Crippen MR) is 91.4 cm³/mol. The molecule has 1 amide bonds. The van der Waals surface area contributed by atoms with Gasteiger partial charge in [-0.2, -0.15) is 13.2 Å². The van der Waals surface area contributed by atoms with Gasteiger partial charge in [0.25, 0.3) is 0 Å². The maximum atomic E-state index is 12.8. The molecule has 0 aliphatic rings. The van der Waals surface area contributed by atoms with Crippen LogP contribution in [-0.4, -0.2) is 50.8 Å². The number of rotatable bonds is 9. The minimum absolute atomic E-state index is 0.00638. The van der Waals surface area contributed by atoms with Crippen molar-refractivity contribution in [2.75, 3.05) is 27.9 Å². The van der Waals surface area contributed by atoms with Crippen molar-refractivity contribution in [1.82, 2.24) is 4.90 Å². The van der Waals surface area contributed by atoms with E-state index in [0.29, 0.717) is 17.1 Å². The number of hydrogen-bond donors (Lipinski definition) is 0. The number of halogens is 3. The van der Waals surface area contributed by atoms with E-state index in [4.69, 9.17) is 9.47 Å². The third kappa shape index (κ3) is 6.99. The van der Waals surface area contributed by atoms with E-state index >= 15 is 0 Å². The molecular weight excluding hydrogens is 367 g/mol. The first-order valence-electron chi connectivity index (χ1n) is 8.24. The van der Waals surface area contributed by atoms with Crippen molar-refractivity contribution in [2.45, 2.75) is 32.5 Å². The Morgan fingerprint density at radius 1 is 1.15 bits per heavy atom. The summed E-state index contributed by atoms with van der Waals surface area (Å²) in [4.78, 5) is 25.0. The predicted octanol–water partition coefficient (Wildman–Crippen LogP) is 3.18. The molecule has 1 rings (SSSR count). The van der Waals surface area contributed by atoms with Crippen LogP contribution in [0.1, 0.15) is 25.3 Å². The van der Waals surface area contributed by atoms with E-state index in [0.717, 1.165) is 14.0 Å². The third-order valence-corrected chi connectivity index (χ3v) is 4.12. The summed E-state index contributed by atoms with van der Waals surface area (Å²) < 4.78 is 53.2. The standard InChI is InChI=1S/C18H24F3NO5/c1-12(18(19,20)21)7-8-22(16(23)10-17(24)27-4)11-13-5-6-14(25-2)9-15(13)26-3/h5-6,9,12H,7-8,10-11H2,1-4H3. The van der Waals surface area contributed by atoms with Gasteiger partial charge < -0.3 is 19.1 Å². The SMILES string of the molecule is COC(=O)CC(=O)N(CCC(C)C(F)(F)F)Cc1ccc(OC)cc1OC. The Balaban J connectivity index is 3.00. The number of alkyl halides is 3. The molecule has 0 N–H and O–H groups in total. The lowest BCUT2D eigenvalue weighted by Crippen LogP contribution is -2.35. The highest BCUT2D eigenvalue weighted by atomic mass is 19.4. The summed E-state index contributed by atoms with van der Waals surface area (Å²) in [5.74, 6) is -1.99. The van der Waals surface area contributed by atoms with Crippen LogP contribution in [0, 0.1) is 5.92 Å². The van der Waals surface area contributed by atoms with Gasteiger partial charge in [-0.15, -0.1) is 0 Å². The topological polar surface area (TPSA) is 65.1 Å². The fourth-order valence-corrected chi connectivity index (χ4v) is 2.30. The fourth-order valence-electron chi connectivity index (χ4n) is 2.30. The average Bonchev–Trinajstić information content (AvgIpc) is 2.63. The van der Waals surface area contributed by atoms with Crippen LogP contribution in [0.15, 0.2) is 18.2 Å². The van der Waals surface area contributed by atoms with Gasteiger partial charge in [-0.3, -0.25) is 9.59 Å². The lowest BCUT2D eigenvalue weighted by atomic mass is 10.1. The molecular formula is C18H24F3NO5. The zero-order chi connectivity index (χ0) is 20.6. The highest BCUT2D eigenvalue weighted by molar-refractivity contribution is 5.94. The minimum atomic E-state index is -4.35. The molecule has 1 atom stereocenters. The van der Waals surface area contributed by atoms with Crippen LogP contribution in [0.2, 0.25) is 0 Å². The van der Waals surface area contributed by atoms with E-state index < -0.39 is 30.4 Å². The number of benzene rings is 1. The minimum Gasteiger partial charge on any atom is -0.497 e. The average molecular weight is 391 g/mol. The van der Waals surface area contributed by atoms with Crippen molar-refractivity contribution in [3.63, 3.8) is 0 Å². The Morgan fingerprint density at radius 3 is 2.33 bits per heavy atom. The molecule has 0 fully saturated rings. The van der Waals surface area contributed by atoms with Gasteiger partial charge in [-0.05, 0) is 18.6 Å². The maximum Gasteiger partial charge on any atom is 0.391 e. The van der Waals surface area contributed by atoms with E-state index in [9.17, 15) is 22.8 Å². The van der Waals surface area contributed by atoms with Gasteiger partial charge in [0.15, 0.2) is 0 Å². The van der Waals surface area contributed by atoms with Gasteiger partial charge in [0, 0.05) is 24.7 Å². The first kappa shape index (κ1) is 22.6. The normalized spacial score (nSPS) is 12.3. The first-order valence-corrected chi connectivity index (χ1v) is 8.24. The van der Waals surface area contributed by atoms with E-state index in [2.05, 4.69) is 4.74 Å². The smallest absolute Gasteiger partial charge is 0.391 e. The van der Waals surface area contributed by atoms with Crippen molar-refractivity contribution in [1.29, 1.82) is 0 Å². The molecule has 0 saturated carbocycles. The number of ether oxygens (including phenoxy) is 3. The zero-order valence-electron chi connectivity index (χ0n) is 15.8. The number of esters is 1. The zero-order valence-corrected chi connectivity index (χ0v) is 15.8. The molecule has 0 aromatic heterocycles. The number of nitrogens with zero attached hydrogens (tertiary/aromatic N) is 1. The van der Waals surface area contributed by atoms with E-state index in [1.165, 1.54) is 19.1 Å². The molecule has 0 spiro atoms. The summed E-state index contributed by atoms with van der Waals surface area (Å²) in [6, 6.07) is 4.92. The van der Waals surface area contributed by atoms with Gasteiger partial charge in [0.2, 0.25) is 5.91 Å². The molecule has 0 radical (unpaired) electrons. The van der Waals surface area contributed by atoms with Crippen LogP contribution in [0.25, 0.3) is 0 Å². The lowest BCUT2D eigenvalue weighted by Gasteiger charge is -2.26. The molecule has 9 heteroatoms. The highest BCUT2D eigenvalue weighted by Gasteiger charge is 2.36. The molecule has 27 heavy (non-hydrogen) atoms. The summed E-state index contributed by atoms with van der Waals surface area (Å²) >= 11 is 0. The van der Waals surface area contributed by atoms with Crippen molar-refractivity contribution in [2.24, 2.45) is 5.92 Å². The second-order valence-electron chi connectivity index (χ2n) is 5.98. The van der Waals surface area contributed by atoms with Crippen LogP contribution in [-0.2, 0) is 20.9 Å². The molecule has 0 bridgehead atoms. The van der Waals surface area contributed by atoms with Crippen LogP contribution in [0.3, 0.4) is 0 Å². The Morgan fingerprint density at radius 2 is 1.81 bits per heavy atom. The molecule has 1 aromatic rings. The summed E-state index contributed by atoms with van der Waals surface area (Å²) in [5, 5.41) is 0. The second-order valence-corrected chi connectivity index (χ2v) is 5.98. The summed E-state index contributed by atoms with van der Waals surface area (Å²) in [6.45, 7) is 0.885. The molecule has 152 valence electrons. The van der Waals surface area contributed by atoms with E-state index in [-0.39, 0.29) is 19.5 Å². The lowest BCUT2D eigenvalue weighted by molar-refractivity contribution is -0.173. The van der Waals surface area contributed by atoms with Gasteiger partial charge in [-0.25, -0.2) is 0 Å². The highest BCUT2D eigenvalue weighted by Crippen LogP contribution is 2.30. The van der Waals surface area contributed by atoms with Crippen LogP contribution in [0.4, 0.5) is 13.2 Å². The largest absolute Gasteiger partial charge is 0.497 e. The van der Waals surface area contributed by atoms with E-state index in [1.54, 1.807) is 18.2 Å². The molecule has 6 nitrogen and oxygen atoms in total. The Kier molecular flexibility index (Phi) is 8.39. The van der Waals surface area contributed by atoms with Crippen LogP contribution in [0.5, 0.6) is 11.5 Å². The number of hydrogen-bond acceptors (Lipinski definition) is 5. The number of amides is 1. The summed E-state index contributed by atoms with van der Waals surface area (Å²) in [6.07, 6.45) is -5.18. The van der Waals surface area contributed by atoms with Gasteiger partial charge >= 0.3 is 12.1 Å². The van der Waals surface area contributed by atoms with Crippen LogP contribution < -0.4 is 9.47 Å². The molecule has 0 saturated heterocycles. The van der Waals surface area contributed by atoms with Gasteiger partial charge in [0.1, 0.15) is 17.9 Å². The molecule has 0 aliphatic carbocycles. The Bertz CT molecular complexity index is 648. The maximum absolute atomic E-state index is 12.8. The molecule has 0 aliphatic heterocycles. The van der Waals surface area contributed by atoms with Crippen molar-refractivity contribution in [3.8, 4) is 11.5 Å². The fraction of sp³-hybridized carbons (Fsp3) is 0.556. The summed E-state index contributed by atoms with van der Waals surface area (Å²) in [7, 11) is 4.06. The first-order chi connectivity index (χ1) is 12.6. The number of carbonyl (C=O) groups excluding carboxylic acids is 2. The van der Waals surface area contributed by atoms with Gasteiger partial charge in [0.05, 0.1) is 27.2 Å². The Hall–Kier alpha value is -2.45. The molecule has 0 heterocycles.